The number of amides is 2. The lowest BCUT2D eigenvalue weighted by molar-refractivity contribution is 0.101. The van der Waals surface area contributed by atoms with E-state index in [2.05, 4.69) is 25.8 Å². The van der Waals surface area contributed by atoms with Crippen LogP contribution in [0.1, 0.15) is 27.3 Å². The van der Waals surface area contributed by atoms with Crippen molar-refractivity contribution in [2.45, 2.75) is 13.8 Å². The van der Waals surface area contributed by atoms with Crippen LogP contribution in [-0.2, 0) is 0 Å². The molecular weight excluding hydrogens is 453 g/mol. The molecule has 4 aromatic rings. The zero-order valence-corrected chi connectivity index (χ0v) is 19.4. The summed E-state index contributed by atoms with van der Waals surface area (Å²) in [5, 5.41) is 12.8. The smallest absolute Gasteiger partial charge is 0.318 e. The van der Waals surface area contributed by atoms with Crippen LogP contribution in [0.3, 0.4) is 0 Å². The van der Waals surface area contributed by atoms with Crippen LogP contribution in [0, 0.1) is 19.7 Å². The number of nitrogens with zero attached hydrogens (tertiary/aromatic N) is 1. The molecule has 0 saturated heterocycles. The summed E-state index contributed by atoms with van der Waals surface area (Å²) in [6, 6.07) is 7.40. The fraction of sp³-hybridized carbons (Fsp3) is 0.160. The summed E-state index contributed by atoms with van der Waals surface area (Å²) in [5.41, 5.74) is 4.46. The van der Waals surface area contributed by atoms with Crippen molar-refractivity contribution in [3.05, 3.63) is 64.4 Å². The highest BCUT2D eigenvalue weighted by atomic mass is 19.1. The van der Waals surface area contributed by atoms with Gasteiger partial charge in [-0.3, -0.25) is 9.89 Å². The second-order valence-electron chi connectivity index (χ2n) is 8.11. The molecule has 9 nitrogen and oxygen atoms in total. The van der Waals surface area contributed by atoms with Gasteiger partial charge in [-0.15, -0.1) is 0 Å². The van der Waals surface area contributed by atoms with Crippen molar-refractivity contribution >= 4 is 34.5 Å². The lowest BCUT2D eigenvalue weighted by Crippen LogP contribution is -2.24. The lowest BCUT2D eigenvalue weighted by Gasteiger charge is -2.05. The average molecular weight is 475 g/mol. The molecule has 0 radical (unpaired) electrons. The number of halogens is 1. The van der Waals surface area contributed by atoms with E-state index >= 15 is 0 Å². The van der Waals surface area contributed by atoms with Crippen LogP contribution < -0.4 is 20.1 Å². The number of hydrogen-bond acceptors (Lipinski definition) is 5. The molecule has 1 aliphatic rings. The van der Waals surface area contributed by atoms with E-state index in [-0.39, 0.29) is 17.1 Å². The van der Waals surface area contributed by atoms with Gasteiger partial charge in [-0.25, -0.2) is 9.18 Å². The largest absolute Gasteiger partial charge is 0.497 e. The summed E-state index contributed by atoms with van der Waals surface area (Å²) in [4.78, 5) is 28.0. The number of H-pyrrole nitrogens is 2. The van der Waals surface area contributed by atoms with Crippen LogP contribution in [0.5, 0.6) is 11.5 Å². The monoisotopic (exact) mass is 475 g/mol. The number of carbonyl (C=O) groups is 2. The molecule has 2 aromatic heterocycles. The van der Waals surface area contributed by atoms with Gasteiger partial charge in [0.1, 0.15) is 11.5 Å². The summed E-state index contributed by atoms with van der Waals surface area (Å²) < 4.78 is 26.1. The van der Waals surface area contributed by atoms with Gasteiger partial charge in [0.25, 0.3) is 0 Å². The van der Waals surface area contributed by atoms with E-state index < -0.39 is 11.8 Å². The maximum Gasteiger partial charge on any atom is 0.318 e. The normalized spacial score (nSPS) is 13.7. The van der Waals surface area contributed by atoms with Gasteiger partial charge < -0.3 is 25.1 Å². The molecule has 178 valence electrons. The molecule has 0 aliphatic carbocycles. The molecule has 35 heavy (non-hydrogen) atoms. The first kappa shape index (κ1) is 22.2. The van der Waals surface area contributed by atoms with E-state index in [1.807, 2.05) is 13.8 Å². The first-order valence-corrected chi connectivity index (χ1v) is 10.8. The fourth-order valence-electron chi connectivity index (χ4n) is 4.22. The summed E-state index contributed by atoms with van der Waals surface area (Å²) in [5.74, 6) is -0.0701. The molecular formula is C25H22FN5O4. The van der Waals surface area contributed by atoms with E-state index in [0.717, 1.165) is 11.3 Å². The molecule has 0 bridgehead atoms. The molecule has 0 atom stereocenters. The number of ether oxygens (including phenoxy) is 2. The third-order valence-electron chi connectivity index (χ3n) is 5.92. The van der Waals surface area contributed by atoms with Crippen molar-refractivity contribution in [1.29, 1.82) is 0 Å². The van der Waals surface area contributed by atoms with Crippen molar-refractivity contribution in [3.8, 4) is 22.8 Å². The SMILES string of the molecule is CNC(=O)Nc1ccc2c(c1)C(=O)/C(=C/c1c(-c3c(C)n[nH]c3C)[nH]c3c(F)cc(OC)cc13)O2. The van der Waals surface area contributed by atoms with Gasteiger partial charge in [-0.2, -0.15) is 5.10 Å². The lowest BCUT2D eigenvalue weighted by atomic mass is 10.0. The van der Waals surface area contributed by atoms with E-state index in [1.165, 1.54) is 20.2 Å². The number of Topliss-reactive ketones (excluding diaryl/α,β-unsaturated/α-hetero) is 1. The highest BCUT2D eigenvalue weighted by Crippen LogP contribution is 2.40. The first-order valence-electron chi connectivity index (χ1n) is 10.8. The molecule has 5 rings (SSSR count). The van der Waals surface area contributed by atoms with Gasteiger partial charge in [0.15, 0.2) is 11.6 Å². The standard InChI is InChI=1S/C25H22FN5O4/c1-11-21(12(2)31-30-11)23-16(15-8-14(34-4)9-18(26)22(15)29-23)10-20-24(32)17-7-13(28-25(33)27-3)5-6-19(17)35-20/h5-10,29H,1-4H3,(H,30,31)(H2,27,28,33)/b20-10-. The molecule has 0 spiro atoms. The summed E-state index contributed by atoms with van der Waals surface area (Å²) in [7, 11) is 2.96. The Bertz CT molecular complexity index is 1530. The Morgan fingerprint density at radius 3 is 2.71 bits per heavy atom. The molecule has 2 aromatic carbocycles. The predicted molar refractivity (Wildman–Crippen MR) is 129 cm³/mol. The molecule has 0 unspecified atom stereocenters. The van der Waals surface area contributed by atoms with Gasteiger partial charge in [-0.05, 0) is 44.2 Å². The van der Waals surface area contributed by atoms with Crippen molar-refractivity contribution < 1.29 is 23.5 Å². The Labute approximate surface area is 199 Å². The molecule has 0 saturated carbocycles. The Kier molecular flexibility index (Phi) is 5.28. The number of aromatic amines is 2. The van der Waals surface area contributed by atoms with Crippen LogP contribution in [0.2, 0.25) is 0 Å². The number of aryl methyl sites for hydroxylation is 2. The Hall–Kier alpha value is -4.60. The zero-order chi connectivity index (χ0) is 24.9. The number of allylic oxidation sites excluding steroid dienone is 1. The minimum absolute atomic E-state index is 0.0706. The highest BCUT2D eigenvalue weighted by Gasteiger charge is 2.29. The van der Waals surface area contributed by atoms with Gasteiger partial charge in [0.2, 0.25) is 5.78 Å². The maximum absolute atomic E-state index is 15.0. The van der Waals surface area contributed by atoms with Crippen LogP contribution in [0.15, 0.2) is 36.1 Å². The van der Waals surface area contributed by atoms with Crippen LogP contribution in [-0.4, -0.2) is 41.2 Å². The number of aromatic nitrogens is 3. The second-order valence-corrected chi connectivity index (χ2v) is 8.11. The van der Waals surface area contributed by atoms with Crippen LogP contribution in [0.4, 0.5) is 14.9 Å². The molecule has 10 heteroatoms. The van der Waals surface area contributed by atoms with Gasteiger partial charge in [0.05, 0.1) is 29.6 Å². The Morgan fingerprint density at radius 2 is 2.03 bits per heavy atom. The number of carbonyl (C=O) groups excluding carboxylic acids is 2. The summed E-state index contributed by atoms with van der Waals surface area (Å²) in [6.45, 7) is 3.70. The molecule has 3 heterocycles. The number of urea groups is 1. The van der Waals surface area contributed by atoms with Gasteiger partial charge in [-0.1, -0.05) is 0 Å². The van der Waals surface area contributed by atoms with Gasteiger partial charge in [0, 0.05) is 41.0 Å². The molecule has 4 N–H and O–H groups in total. The number of hydrogen-bond donors (Lipinski definition) is 4. The second kappa shape index (κ2) is 8.32. The fourth-order valence-corrected chi connectivity index (χ4v) is 4.22. The quantitative estimate of drug-likeness (QED) is 0.319. The summed E-state index contributed by atoms with van der Waals surface area (Å²) in [6.07, 6.45) is 1.59. The highest BCUT2D eigenvalue weighted by molar-refractivity contribution is 6.16. The number of benzene rings is 2. The third-order valence-corrected chi connectivity index (χ3v) is 5.92. The van der Waals surface area contributed by atoms with Gasteiger partial charge >= 0.3 is 6.03 Å². The first-order chi connectivity index (χ1) is 16.8. The van der Waals surface area contributed by atoms with Crippen molar-refractivity contribution in [3.63, 3.8) is 0 Å². The van der Waals surface area contributed by atoms with Crippen molar-refractivity contribution in [2.24, 2.45) is 0 Å². The van der Waals surface area contributed by atoms with E-state index in [9.17, 15) is 14.0 Å². The molecule has 1 aliphatic heterocycles. The predicted octanol–water partition coefficient (Wildman–Crippen LogP) is 4.69. The third kappa shape index (κ3) is 3.68. The number of fused-ring (bicyclic) bond motifs is 2. The zero-order valence-electron chi connectivity index (χ0n) is 19.4. The number of nitrogens with one attached hydrogen (secondary N) is 4. The van der Waals surface area contributed by atoms with E-state index in [1.54, 1.807) is 30.3 Å². The van der Waals surface area contributed by atoms with Crippen molar-refractivity contribution in [1.82, 2.24) is 20.5 Å². The van der Waals surface area contributed by atoms with Crippen molar-refractivity contribution in [2.75, 3.05) is 19.5 Å². The number of rotatable bonds is 4. The van der Waals surface area contributed by atoms with E-state index in [0.29, 0.717) is 45.1 Å². The number of ketones is 1. The Morgan fingerprint density at radius 1 is 1.23 bits per heavy atom. The number of methoxy groups -OCH3 is 1. The molecule has 2 amide bonds. The average Bonchev–Trinajstić information content (AvgIpc) is 3.47. The van der Waals surface area contributed by atoms with Crippen LogP contribution in [0.25, 0.3) is 28.2 Å². The molecule has 0 fully saturated rings. The minimum atomic E-state index is -0.490. The Balaban J connectivity index is 1.67. The maximum atomic E-state index is 15.0. The van der Waals surface area contributed by atoms with Crippen LogP contribution >= 0.6 is 0 Å². The van der Waals surface area contributed by atoms with E-state index in [4.69, 9.17) is 9.47 Å². The minimum Gasteiger partial charge on any atom is -0.497 e. The number of anilines is 1. The topological polar surface area (TPSA) is 121 Å². The summed E-state index contributed by atoms with van der Waals surface area (Å²) >= 11 is 0.